The predicted octanol–water partition coefficient (Wildman–Crippen LogP) is 2.35. The second-order valence-corrected chi connectivity index (χ2v) is 7.90. The number of nitrogens with one attached hydrogen (secondary N) is 2. The molecule has 0 atom stereocenters. The van der Waals surface area contributed by atoms with Gasteiger partial charge < -0.3 is 10.1 Å². The van der Waals surface area contributed by atoms with Crippen LogP contribution in [-0.2, 0) is 10.0 Å². The standard InChI is InChI=1S/C18H18FN5O4S/c1-11-17(21-23-24(11)14-7-4-12(19)5-8-14)18(25)20-13-6-9-15(16(10-13)28-2)22-29(3,26)27/h4-10,22H,1-3H3,(H,20,25). The summed E-state index contributed by atoms with van der Waals surface area (Å²) in [5.41, 5.74) is 1.74. The van der Waals surface area contributed by atoms with Crippen LogP contribution in [0.2, 0.25) is 0 Å². The third kappa shape index (κ3) is 4.69. The summed E-state index contributed by atoms with van der Waals surface area (Å²) in [5, 5.41) is 10.5. The lowest BCUT2D eigenvalue weighted by atomic mass is 10.2. The summed E-state index contributed by atoms with van der Waals surface area (Å²) in [6.45, 7) is 1.66. The molecule has 0 saturated heterocycles. The average molecular weight is 419 g/mol. The highest BCUT2D eigenvalue weighted by Gasteiger charge is 2.18. The van der Waals surface area contributed by atoms with Crippen molar-refractivity contribution >= 4 is 27.3 Å². The number of nitrogens with zero attached hydrogens (tertiary/aromatic N) is 3. The molecule has 0 saturated carbocycles. The van der Waals surface area contributed by atoms with Crippen LogP contribution in [0.1, 0.15) is 16.2 Å². The Kier molecular flexibility index (Phi) is 5.50. The number of sulfonamides is 1. The summed E-state index contributed by atoms with van der Waals surface area (Å²) in [4.78, 5) is 12.6. The maximum Gasteiger partial charge on any atom is 0.278 e. The normalized spacial score (nSPS) is 11.2. The van der Waals surface area contributed by atoms with Gasteiger partial charge in [-0.25, -0.2) is 17.5 Å². The first-order valence-corrected chi connectivity index (χ1v) is 10.2. The zero-order valence-electron chi connectivity index (χ0n) is 15.8. The average Bonchev–Trinajstić information content (AvgIpc) is 3.04. The molecular formula is C18H18FN5O4S. The Morgan fingerprint density at radius 1 is 1.17 bits per heavy atom. The molecule has 3 rings (SSSR count). The van der Waals surface area contributed by atoms with E-state index in [-0.39, 0.29) is 22.9 Å². The van der Waals surface area contributed by atoms with Crippen LogP contribution in [0.5, 0.6) is 5.75 Å². The van der Waals surface area contributed by atoms with Crippen LogP contribution in [0.4, 0.5) is 15.8 Å². The summed E-state index contributed by atoms with van der Waals surface area (Å²) in [7, 11) is -2.10. The second kappa shape index (κ2) is 7.87. The van der Waals surface area contributed by atoms with Crippen molar-refractivity contribution in [3.63, 3.8) is 0 Å². The van der Waals surface area contributed by atoms with Crippen molar-refractivity contribution in [1.29, 1.82) is 0 Å². The molecule has 2 aromatic carbocycles. The molecule has 0 aliphatic carbocycles. The van der Waals surface area contributed by atoms with E-state index in [2.05, 4.69) is 20.4 Å². The van der Waals surface area contributed by atoms with E-state index in [0.717, 1.165) is 6.26 Å². The number of halogens is 1. The number of methoxy groups -OCH3 is 1. The monoisotopic (exact) mass is 419 g/mol. The van der Waals surface area contributed by atoms with Crippen LogP contribution in [0.3, 0.4) is 0 Å². The van der Waals surface area contributed by atoms with Crippen LogP contribution < -0.4 is 14.8 Å². The fraction of sp³-hybridized carbons (Fsp3) is 0.167. The molecule has 29 heavy (non-hydrogen) atoms. The molecule has 9 nitrogen and oxygen atoms in total. The molecule has 2 N–H and O–H groups in total. The Labute approximate surface area is 166 Å². The SMILES string of the molecule is COc1cc(NC(=O)c2nnn(-c3ccc(F)cc3)c2C)ccc1NS(C)(=O)=O. The summed E-state index contributed by atoms with van der Waals surface area (Å²) >= 11 is 0. The number of carbonyl (C=O) groups excluding carboxylic acids is 1. The van der Waals surface area contributed by atoms with E-state index in [0.29, 0.717) is 17.1 Å². The van der Waals surface area contributed by atoms with Gasteiger partial charge in [-0.05, 0) is 43.3 Å². The zero-order valence-corrected chi connectivity index (χ0v) is 16.6. The lowest BCUT2D eigenvalue weighted by molar-refractivity contribution is 0.102. The fourth-order valence-corrected chi connectivity index (χ4v) is 3.18. The number of rotatable bonds is 6. The molecule has 0 unspecified atom stereocenters. The van der Waals surface area contributed by atoms with Gasteiger partial charge in [0.15, 0.2) is 5.69 Å². The van der Waals surface area contributed by atoms with E-state index in [1.807, 2.05) is 0 Å². The second-order valence-electron chi connectivity index (χ2n) is 6.16. The van der Waals surface area contributed by atoms with Crippen LogP contribution in [-0.4, -0.2) is 42.7 Å². The number of carbonyl (C=O) groups is 1. The Balaban J connectivity index is 1.83. The molecule has 0 spiro atoms. The van der Waals surface area contributed by atoms with Gasteiger partial charge in [-0.15, -0.1) is 5.10 Å². The van der Waals surface area contributed by atoms with Crippen LogP contribution in [0.25, 0.3) is 5.69 Å². The highest BCUT2D eigenvalue weighted by molar-refractivity contribution is 7.92. The Morgan fingerprint density at radius 3 is 2.48 bits per heavy atom. The predicted molar refractivity (Wildman–Crippen MR) is 105 cm³/mol. The lowest BCUT2D eigenvalue weighted by Crippen LogP contribution is -2.15. The van der Waals surface area contributed by atoms with Crippen molar-refractivity contribution in [2.45, 2.75) is 6.92 Å². The Morgan fingerprint density at radius 2 is 1.86 bits per heavy atom. The Hall–Kier alpha value is -3.47. The van der Waals surface area contributed by atoms with Gasteiger partial charge in [0.25, 0.3) is 5.91 Å². The first kappa shape index (κ1) is 20.3. The fourth-order valence-electron chi connectivity index (χ4n) is 2.61. The van der Waals surface area contributed by atoms with Gasteiger partial charge in [0, 0.05) is 11.8 Å². The van der Waals surface area contributed by atoms with Crippen molar-refractivity contribution in [3.8, 4) is 11.4 Å². The molecule has 3 aromatic rings. The maximum absolute atomic E-state index is 13.1. The number of amides is 1. The molecule has 0 fully saturated rings. The molecule has 0 aliphatic heterocycles. The molecule has 0 radical (unpaired) electrons. The third-order valence-electron chi connectivity index (χ3n) is 3.94. The molecule has 0 aliphatic rings. The number of aromatic nitrogens is 3. The van der Waals surface area contributed by atoms with Crippen molar-refractivity contribution in [2.75, 3.05) is 23.4 Å². The molecule has 152 valence electrons. The molecule has 1 amide bonds. The number of benzene rings is 2. The minimum atomic E-state index is -3.48. The number of anilines is 2. The van der Waals surface area contributed by atoms with E-state index in [1.54, 1.807) is 6.92 Å². The molecular weight excluding hydrogens is 401 g/mol. The molecule has 0 bridgehead atoms. The van der Waals surface area contributed by atoms with Gasteiger partial charge in [0.2, 0.25) is 10.0 Å². The molecule has 11 heteroatoms. The van der Waals surface area contributed by atoms with Crippen LogP contribution >= 0.6 is 0 Å². The maximum atomic E-state index is 13.1. The molecule has 1 aromatic heterocycles. The largest absolute Gasteiger partial charge is 0.494 e. The zero-order chi connectivity index (χ0) is 21.2. The summed E-state index contributed by atoms with van der Waals surface area (Å²) in [6.07, 6.45) is 1.02. The van der Waals surface area contributed by atoms with E-state index in [1.165, 1.54) is 54.3 Å². The van der Waals surface area contributed by atoms with E-state index < -0.39 is 15.9 Å². The number of hydrogen-bond donors (Lipinski definition) is 2. The highest BCUT2D eigenvalue weighted by Crippen LogP contribution is 2.29. The number of ether oxygens (including phenoxy) is 1. The first-order chi connectivity index (χ1) is 13.7. The van der Waals surface area contributed by atoms with Gasteiger partial charge in [-0.3, -0.25) is 9.52 Å². The van der Waals surface area contributed by atoms with Crippen LogP contribution in [0.15, 0.2) is 42.5 Å². The smallest absolute Gasteiger partial charge is 0.278 e. The van der Waals surface area contributed by atoms with Crippen molar-refractivity contribution in [1.82, 2.24) is 15.0 Å². The van der Waals surface area contributed by atoms with Gasteiger partial charge in [-0.2, -0.15) is 0 Å². The quantitative estimate of drug-likeness (QED) is 0.634. The van der Waals surface area contributed by atoms with Crippen molar-refractivity contribution < 1.29 is 22.3 Å². The van der Waals surface area contributed by atoms with Crippen molar-refractivity contribution in [3.05, 3.63) is 59.7 Å². The third-order valence-corrected chi connectivity index (χ3v) is 4.53. The summed E-state index contributed by atoms with van der Waals surface area (Å²) < 4.78 is 44.9. The topological polar surface area (TPSA) is 115 Å². The molecule has 1 heterocycles. The van der Waals surface area contributed by atoms with E-state index >= 15 is 0 Å². The number of hydrogen-bond acceptors (Lipinski definition) is 6. The van der Waals surface area contributed by atoms with Gasteiger partial charge in [0.1, 0.15) is 11.6 Å². The summed E-state index contributed by atoms with van der Waals surface area (Å²) in [6, 6.07) is 10.1. The minimum absolute atomic E-state index is 0.0895. The van der Waals surface area contributed by atoms with Gasteiger partial charge >= 0.3 is 0 Å². The van der Waals surface area contributed by atoms with Crippen molar-refractivity contribution in [2.24, 2.45) is 0 Å². The van der Waals surface area contributed by atoms with Gasteiger partial charge in [0.05, 0.1) is 30.4 Å². The van der Waals surface area contributed by atoms with Gasteiger partial charge in [-0.1, -0.05) is 5.21 Å². The van der Waals surface area contributed by atoms with E-state index in [9.17, 15) is 17.6 Å². The van der Waals surface area contributed by atoms with Crippen LogP contribution in [0, 0.1) is 12.7 Å². The minimum Gasteiger partial charge on any atom is -0.494 e. The highest BCUT2D eigenvalue weighted by atomic mass is 32.2. The first-order valence-electron chi connectivity index (χ1n) is 8.33. The van der Waals surface area contributed by atoms with E-state index in [4.69, 9.17) is 4.74 Å². The summed E-state index contributed by atoms with van der Waals surface area (Å²) in [5.74, 6) is -0.658. The Bertz CT molecular complexity index is 1160. The lowest BCUT2D eigenvalue weighted by Gasteiger charge is -2.12.